The third kappa shape index (κ3) is 3.76. The molecular weight excluding hydrogens is 268 g/mol. The molecule has 1 heterocycles. The van der Waals surface area contributed by atoms with Crippen LogP contribution in [0, 0.1) is 12.3 Å². The van der Waals surface area contributed by atoms with Gasteiger partial charge in [-0.1, -0.05) is 24.6 Å². The van der Waals surface area contributed by atoms with Crippen molar-refractivity contribution in [1.29, 1.82) is 0 Å². The van der Waals surface area contributed by atoms with Gasteiger partial charge in [-0.3, -0.25) is 4.18 Å². The van der Waals surface area contributed by atoms with Gasteiger partial charge in [-0.2, -0.15) is 8.42 Å². The molecule has 0 aromatic heterocycles. The Labute approximate surface area is 113 Å². The molecule has 106 valence electrons. The zero-order valence-corrected chi connectivity index (χ0v) is 11.9. The first-order chi connectivity index (χ1) is 8.91. The summed E-state index contributed by atoms with van der Waals surface area (Å²) in [5, 5.41) is 0. The van der Waals surface area contributed by atoms with Gasteiger partial charge in [0.1, 0.15) is 6.79 Å². The van der Waals surface area contributed by atoms with Crippen molar-refractivity contribution in [3.8, 4) is 0 Å². The first-order valence-corrected chi connectivity index (χ1v) is 7.44. The van der Waals surface area contributed by atoms with E-state index < -0.39 is 15.5 Å². The zero-order valence-electron chi connectivity index (χ0n) is 11.1. The Bertz CT molecular complexity index is 514. The summed E-state index contributed by atoms with van der Waals surface area (Å²) >= 11 is 0. The number of hydrogen-bond acceptors (Lipinski definition) is 5. The van der Waals surface area contributed by atoms with Crippen LogP contribution in [0.3, 0.4) is 0 Å². The van der Waals surface area contributed by atoms with Crippen molar-refractivity contribution >= 4 is 10.1 Å². The van der Waals surface area contributed by atoms with E-state index in [0.29, 0.717) is 13.2 Å². The number of aryl methyl sites for hydroxylation is 1. The second-order valence-corrected chi connectivity index (χ2v) is 6.77. The Hall–Kier alpha value is -0.950. The summed E-state index contributed by atoms with van der Waals surface area (Å²) in [7, 11) is -3.73. The molecule has 0 spiro atoms. The number of rotatable bonds is 4. The highest BCUT2D eigenvalue weighted by Gasteiger charge is 2.31. The summed E-state index contributed by atoms with van der Waals surface area (Å²) in [4.78, 5) is 0.166. The largest absolute Gasteiger partial charge is 0.355 e. The van der Waals surface area contributed by atoms with Crippen molar-refractivity contribution in [3.63, 3.8) is 0 Å². The Kier molecular flexibility index (Phi) is 4.25. The molecule has 1 fully saturated rings. The van der Waals surface area contributed by atoms with Gasteiger partial charge in [0.15, 0.2) is 0 Å². The fourth-order valence-corrected chi connectivity index (χ4v) is 2.80. The van der Waals surface area contributed by atoms with Gasteiger partial charge < -0.3 is 9.47 Å². The van der Waals surface area contributed by atoms with E-state index in [9.17, 15) is 8.42 Å². The Morgan fingerprint density at radius 2 is 1.79 bits per heavy atom. The second-order valence-electron chi connectivity index (χ2n) is 5.15. The van der Waals surface area contributed by atoms with Gasteiger partial charge in [0.05, 0.1) is 24.7 Å². The summed E-state index contributed by atoms with van der Waals surface area (Å²) < 4.78 is 39.5. The smallest absolute Gasteiger partial charge is 0.296 e. The van der Waals surface area contributed by atoms with E-state index in [-0.39, 0.29) is 18.3 Å². The fourth-order valence-electron chi connectivity index (χ4n) is 1.75. The van der Waals surface area contributed by atoms with Gasteiger partial charge in [0.2, 0.25) is 0 Å². The maximum atomic E-state index is 12.0. The van der Waals surface area contributed by atoms with Crippen LogP contribution in [-0.2, 0) is 23.8 Å². The highest BCUT2D eigenvalue weighted by Crippen LogP contribution is 2.24. The fraction of sp³-hybridized carbons (Fsp3) is 0.538. The van der Waals surface area contributed by atoms with Crippen LogP contribution in [0.4, 0.5) is 0 Å². The van der Waals surface area contributed by atoms with E-state index in [1.54, 1.807) is 24.3 Å². The molecule has 19 heavy (non-hydrogen) atoms. The predicted molar refractivity (Wildman–Crippen MR) is 69.2 cm³/mol. The predicted octanol–water partition coefficient (Wildman–Crippen LogP) is 1.71. The molecule has 0 bridgehead atoms. The highest BCUT2D eigenvalue weighted by molar-refractivity contribution is 7.86. The molecule has 1 aliphatic heterocycles. The van der Waals surface area contributed by atoms with E-state index >= 15 is 0 Å². The Morgan fingerprint density at radius 3 is 2.37 bits per heavy atom. The summed E-state index contributed by atoms with van der Waals surface area (Å²) in [6, 6.07) is 6.57. The molecule has 0 radical (unpaired) electrons. The molecule has 0 amide bonds. The molecular formula is C13H18O5S. The average Bonchev–Trinajstić information content (AvgIpc) is 2.38. The van der Waals surface area contributed by atoms with Crippen LogP contribution in [0.5, 0.6) is 0 Å². The topological polar surface area (TPSA) is 61.8 Å². The minimum atomic E-state index is -3.73. The molecule has 1 aromatic rings. The van der Waals surface area contributed by atoms with E-state index in [0.717, 1.165) is 5.56 Å². The quantitative estimate of drug-likeness (QED) is 0.789. The van der Waals surface area contributed by atoms with Crippen LogP contribution in [0.15, 0.2) is 29.2 Å². The Balaban J connectivity index is 2.03. The second kappa shape index (κ2) is 5.58. The van der Waals surface area contributed by atoms with Gasteiger partial charge in [-0.15, -0.1) is 0 Å². The van der Waals surface area contributed by atoms with Crippen LogP contribution in [0.25, 0.3) is 0 Å². The van der Waals surface area contributed by atoms with E-state index in [1.165, 1.54) is 0 Å². The van der Waals surface area contributed by atoms with Gasteiger partial charge in [0, 0.05) is 5.41 Å². The lowest BCUT2D eigenvalue weighted by Crippen LogP contribution is -2.39. The monoisotopic (exact) mass is 286 g/mol. The van der Waals surface area contributed by atoms with E-state index in [1.807, 2.05) is 13.8 Å². The molecule has 0 unspecified atom stereocenters. The molecule has 1 saturated heterocycles. The lowest BCUT2D eigenvalue weighted by atomic mass is 9.94. The lowest BCUT2D eigenvalue weighted by Gasteiger charge is -2.32. The minimum absolute atomic E-state index is 0.0449. The van der Waals surface area contributed by atoms with Gasteiger partial charge in [0.25, 0.3) is 10.1 Å². The van der Waals surface area contributed by atoms with Crippen molar-refractivity contribution in [1.82, 2.24) is 0 Å². The molecule has 2 rings (SSSR count). The molecule has 0 N–H and O–H groups in total. The van der Waals surface area contributed by atoms with Gasteiger partial charge >= 0.3 is 0 Å². The van der Waals surface area contributed by atoms with Crippen LogP contribution in [0.1, 0.15) is 12.5 Å². The third-order valence-corrected chi connectivity index (χ3v) is 4.22. The van der Waals surface area contributed by atoms with Gasteiger partial charge in [-0.25, -0.2) is 0 Å². The standard InChI is InChI=1S/C13H18O5S/c1-11-3-5-12(6-4-11)19(14,15)18-9-13(2)7-16-10-17-8-13/h3-6H,7-10H2,1-2H3. The van der Waals surface area contributed by atoms with Crippen LogP contribution >= 0.6 is 0 Å². The first-order valence-electron chi connectivity index (χ1n) is 6.03. The van der Waals surface area contributed by atoms with Crippen molar-refractivity contribution in [2.45, 2.75) is 18.7 Å². The molecule has 0 atom stereocenters. The summed E-state index contributed by atoms with van der Waals surface area (Å²) in [5.41, 5.74) is 0.565. The minimum Gasteiger partial charge on any atom is -0.355 e. The molecule has 0 aliphatic carbocycles. The lowest BCUT2D eigenvalue weighted by molar-refractivity contribution is -0.166. The maximum Gasteiger partial charge on any atom is 0.296 e. The zero-order chi connectivity index (χ0) is 13.9. The van der Waals surface area contributed by atoms with Crippen molar-refractivity contribution in [2.24, 2.45) is 5.41 Å². The summed E-state index contributed by atoms with van der Waals surface area (Å²) in [6.07, 6.45) is 0. The number of benzene rings is 1. The molecule has 5 nitrogen and oxygen atoms in total. The molecule has 1 aromatic carbocycles. The van der Waals surface area contributed by atoms with Crippen LogP contribution in [-0.4, -0.2) is 35.0 Å². The summed E-state index contributed by atoms with van der Waals surface area (Å²) in [6.45, 7) is 4.92. The maximum absolute atomic E-state index is 12.0. The van der Waals surface area contributed by atoms with Crippen molar-refractivity contribution in [3.05, 3.63) is 29.8 Å². The average molecular weight is 286 g/mol. The molecule has 0 saturated carbocycles. The van der Waals surface area contributed by atoms with Gasteiger partial charge in [-0.05, 0) is 19.1 Å². The highest BCUT2D eigenvalue weighted by atomic mass is 32.2. The molecule has 1 aliphatic rings. The van der Waals surface area contributed by atoms with Crippen molar-refractivity contribution < 1.29 is 22.1 Å². The summed E-state index contributed by atoms with van der Waals surface area (Å²) in [5.74, 6) is 0. The van der Waals surface area contributed by atoms with Crippen LogP contribution in [0.2, 0.25) is 0 Å². The van der Waals surface area contributed by atoms with E-state index in [2.05, 4.69) is 0 Å². The number of ether oxygens (including phenoxy) is 2. The van der Waals surface area contributed by atoms with Crippen LogP contribution < -0.4 is 0 Å². The Morgan fingerprint density at radius 1 is 1.21 bits per heavy atom. The molecule has 6 heteroatoms. The van der Waals surface area contributed by atoms with E-state index in [4.69, 9.17) is 13.7 Å². The van der Waals surface area contributed by atoms with Crippen molar-refractivity contribution in [2.75, 3.05) is 26.6 Å². The number of hydrogen-bond donors (Lipinski definition) is 0. The third-order valence-electron chi connectivity index (χ3n) is 2.94. The normalized spacial score (nSPS) is 19.3. The SMILES string of the molecule is Cc1ccc(S(=O)(=O)OCC2(C)COCOC2)cc1. The first kappa shape index (κ1) is 14.5.